The minimum absolute atomic E-state index is 0.243. The lowest BCUT2D eigenvalue weighted by molar-refractivity contribution is -0.138. The highest BCUT2D eigenvalue weighted by Crippen LogP contribution is 2.25. The lowest BCUT2D eigenvalue weighted by atomic mass is 10.1. The zero-order valence-corrected chi connectivity index (χ0v) is 21.7. The van der Waals surface area contributed by atoms with Crippen LogP contribution in [0.5, 0.6) is 0 Å². The topological polar surface area (TPSA) is 86.8 Å². The molecule has 0 heterocycles. The number of carbonyl (C=O) groups excluding carboxylic acids is 2. The van der Waals surface area contributed by atoms with Gasteiger partial charge in [-0.25, -0.2) is 8.42 Å². The van der Waals surface area contributed by atoms with Gasteiger partial charge in [-0.2, -0.15) is 0 Å². The van der Waals surface area contributed by atoms with Crippen LogP contribution in [-0.2, 0) is 26.0 Å². The lowest BCUT2D eigenvalue weighted by Gasteiger charge is -2.32. The molecule has 0 aliphatic heterocycles. The fourth-order valence-electron chi connectivity index (χ4n) is 3.71. The maximum Gasteiger partial charge on any atom is 0.244 e. The van der Waals surface area contributed by atoms with E-state index in [1.54, 1.807) is 19.1 Å². The first-order chi connectivity index (χ1) is 16.1. The van der Waals surface area contributed by atoms with Crippen LogP contribution in [0.4, 0.5) is 5.69 Å². The number of nitrogens with zero attached hydrogens (tertiary/aromatic N) is 2. The molecule has 0 spiro atoms. The van der Waals surface area contributed by atoms with Crippen LogP contribution >= 0.6 is 0 Å². The molecule has 0 saturated heterocycles. The molecule has 2 aromatic rings. The Morgan fingerprint density at radius 3 is 2.32 bits per heavy atom. The molecular weight excluding hydrogens is 450 g/mol. The second-order valence-electron chi connectivity index (χ2n) is 8.63. The quantitative estimate of drug-likeness (QED) is 0.465. The van der Waals surface area contributed by atoms with E-state index < -0.39 is 22.0 Å². The predicted molar refractivity (Wildman–Crippen MR) is 137 cm³/mol. The van der Waals surface area contributed by atoms with Crippen molar-refractivity contribution in [3.05, 3.63) is 65.2 Å². The summed E-state index contributed by atoms with van der Waals surface area (Å²) < 4.78 is 26.5. The summed E-state index contributed by atoms with van der Waals surface area (Å²) in [6.45, 7) is 7.93. The first-order valence-electron chi connectivity index (χ1n) is 11.7. The molecule has 0 radical (unpaired) electrons. The molecule has 34 heavy (non-hydrogen) atoms. The normalized spacial score (nSPS) is 12.1. The molecule has 0 saturated carbocycles. The van der Waals surface area contributed by atoms with E-state index in [2.05, 4.69) is 5.32 Å². The predicted octanol–water partition coefficient (Wildman–Crippen LogP) is 3.45. The fraction of sp³-hybridized carbons (Fsp3) is 0.462. The van der Waals surface area contributed by atoms with Crippen molar-refractivity contribution in [2.45, 2.75) is 53.0 Å². The summed E-state index contributed by atoms with van der Waals surface area (Å²) in [6, 6.07) is 14.3. The smallest absolute Gasteiger partial charge is 0.244 e. The van der Waals surface area contributed by atoms with Crippen molar-refractivity contribution in [2.24, 2.45) is 0 Å². The molecule has 0 unspecified atom stereocenters. The average molecular weight is 488 g/mol. The summed E-state index contributed by atoms with van der Waals surface area (Å²) in [5, 5.41) is 2.88. The highest BCUT2D eigenvalue weighted by molar-refractivity contribution is 7.92. The van der Waals surface area contributed by atoms with Gasteiger partial charge in [0.25, 0.3) is 0 Å². The first-order valence-corrected chi connectivity index (χ1v) is 13.6. The SMILES string of the molecule is CCCCNC(=O)[C@H](C)N(CCc1ccccc1)C(=O)CN(c1cccc(C)c1C)S(C)(=O)=O. The zero-order valence-electron chi connectivity index (χ0n) is 20.9. The largest absolute Gasteiger partial charge is 0.354 e. The van der Waals surface area contributed by atoms with Crippen molar-refractivity contribution in [3.8, 4) is 0 Å². The van der Waals surface area contributed by atoms with E-state index in [1.807, 2.05) is 57.2 Å². The lowest BCUT2D eigenvalue weighted by Crippen LogP contribution is -2.52. The number of hydrogen-bond acceptors (Lipinski definition) is 4. The van der Waals surface area contributed by atoms with Gasteiger partial charge in [-0.05, 0) is 56.4 Å². The Hall–Kier alpha value is -2.87. The molecule has 0 aliphatic rings. The second-order valence-corrected chi connectivity index (χ2v) is 10.5. The Balaban J connectivity index is 2.31. The van der Waals surface area contributed by atoms with Gasteiger partial charge in [-0.1, -0.05) is 55.8 Å². The number of sulfonamides is 1. The number of amides is 2. The Labute approximate surface area is 204 Å². The standard InChI is InChI=1S/C26H37N3O4S/c1-6-7-17-27-26(31)22(4)28(18-16-23-13-9-8-10-14-23)25(30)19-29(34(5,32)33)24-15-11-12-20(2)21(24)3/h8-15,22H,6-7,16-19H2,1-5H3,(H,27,31)/t22-/m0/s1. The maximum atomic E-state index is 13.5. The van der Waals surface area contributed by atoms with E-state index in [0.717, 1.165) is 40.1 Å². The summed E-state index contributed by atoms with van der Waals surface area (Å²) in [5.41, 5.74) is 3.23. The van der Waals surface area contributed by atoms with Crippen LogP contribution in [0.1, 0.15) is 43.4 Å². The van der Waals surface area contributed by atoms with Crippen LogP contribution in [0.3, 0.4) is 0 Å². The van der Waals surface area contributed by atoms with Crippen molar-refractivity contribution in [2.75, 3.05) is 30.2 Å². The van der Waals surface area contributed by atoms with Crippen molar-refractivity contribution < 1.29 is 18.0 Å². The van der Waals surface area contributed by atoms with Crippen LogP contribution in [-0.4, -0.2) is 57.1 Å². The highest BCUT2D eigenvalue weighted by Gasteiger charge is 2.30. The summed E-state index contributed by atoms with van der Waals surface area (Å²) in [6.07, 6.45) is 3.45. The van der Waals surface area contributed by atoms with E-state index >= 15 is 0 Å². The molecule has 2 rings (SSSR count). The number of unbranched alkanes of at least 4 members (excludes halogenated alkanes) is 1. The average Bonchev–Trinajstić information content (AvgIpc) is 2.79. The Morgan fingerprint density at radius 2 is 1.71 bits per heavy atom. The molecule has 8 heteroatoms. The van der Waals surface area contributed by atoms with Gasteiger partial charge in [0.1, 0.15) is 12.6 Å². The summed E-state index contributed by atoms with van der Waals surface area (Å²) in [7, 11) is -3.73. The van der Waals surface area contributed by atoms with Gasteiger partial charge in [0.05, 0.1) is 11.9 Å². The van der Waals surface area contributed by atoms with Gasteiger partial charge in [-0.3, -0.25) is 13.9 Å². The molecule has 0 aliphatic carbocycles. The second kappa shape index (κ2) is 12.6. The van der Waals surface area contributed by atoms with Crippen molar-refractivity contribution in [1.29, 1.82) is 0 Å². The molecular formula is C26H37N3O4S. The van der Waals surface area contributed by atoms with Crippen LogP contribution < -0.4 is 9.62 Å². The first kappa shape index (κ1) is 27.4. The number of rotatable bonds is 12. The number of anilines is 1. The van der Waals surface area contributed by atoms with E-state index in [0.29, 0.717) is 25.2 Å². The highest BCUT2D eigenvalue weighted by atomic mass is 32.2. The Bertz CT molecular complexity index is 1070. The Morgan fingerprint density at radius 1 is 1.03 bits per heavy atom. The van der Waals surface area contributed by atoms with Gasteiger partial charge in [0, 0.05) is 13.1 Å². The number of aryl methyl sites for hydroxylation is 1. The summed E-state index contributed by atoms with van der Waals surface area (Å²) in [5.74, 6) is -0.659. The number of hydrogen-bond donors (Lipinski definition) is 1. The summed E-state index contributed by atoms with van der Waals surface area (Å²) >= 11 is 0. The van der Waals surface area contributed by atoms with E-state index in [-0.39, 0.29) is 12.5 Å². The summed E-state index contributed by atoms with van der Waals surface area (Å²) in [4.78, 5) is 27.8. The van der Waals surface area contributed by atoms with Crippen molar-refractivity contribution in [1.82, 2.24) is 10.2 Å². The number of carbonyl (C=O) groups is 2. The van der Waals surface area contributed by atoms with Gasteiger partial charge >= 0.3 is 0 Å². The molecule has 0 fully saturated rings. The third-order valence-corrected chi connectivity index (χ3v) is 7.13. The van der Waals surface area contributed by atoms with Crippen LogP contribution in [0.2, 0.25) is 0 Å². The minimum atomic E-state index is -3.73. The molecule has 0 bridgehead atoms. The molecule has 186 valence electrons. The zero-order chi connectivity index (χ0) is 25.3. The fourth-order valence-corrected chi connectivity index (χ4v) is 4.61. The van der Waals surface area contributed by atoms with Crippen LogP contribution in [0.25, 0.3) is 0 Å². The molecule has 2 amide bonds. The monoisotopic (exact) mass is 487 g/mol. The van der Waals surface area contributed by atoms with Gasteiger partial charge in [-0.15, -0.1) is 0 Å². The van der Waals surface area contributed by atoms with Crippen molar-refractivity contribution in [3.63, 3.8) is 0 Å². The molecule has 2 aromatic carbocycles. The number of nitrogens with one attached hydrogen (secondary N) is 1. The third-order valence-electron chi connectivity index (χ3n) is 6.00. The van der Waals surface area contributed by atoms with E-state index in [4.69, 9.17) is 0 Å². The van der Waals surface area contributed by atoms with Gasteiger partial charge < -0.3 is 10.2 Å². The minimum Gasteiger partial charge on any atom is -0.354 e. The molecule has 0 aromatic heterocycles. The van der Waals surface area contributed by atoms with Crippen LogP contribution in [0.15, 0.2) is 48.5 Å². The number of benzene rings is 2. The van der Waals surface area contributed by atoms with Gasteiger partial charge in [0.2, 0.25) is 21.8 Å². The Kier molecular flexibility index (Phi) is 10.1. The molecule has 1 atom stereocenters. The van der Waals surface area contributed by atoms with Gasteiger partial charge in [0.15, 0.2) is 0 Å². The van der Waals surface area contributed by atoms with Crippen molar-refractivity contribution >= 4 is 27.5 Å². The third kappa shape index (κ3) is 7.58. The van der Waals surface area contributed by atoms with Crippen LogP contribution in [0, 0.1) is 13.8 Å². The molecule has 7 nitrogen and oxygen atoms in total. The van der Waals surface area contributed by atoms with E-state index in [9.17, 15) is 18.0 Å². The maximum absolute atomic E-state index is 13.5. The molecule has 1 N–H and O–H groups in total. The van der Waals surface area contributed by atoms with E-state index in [1.165, 1.54) is 4.90 Å².